The first kappa shape index (κ1) is 17.7. The van der Waals surface area contributed by atoms with Gasteiger partial charge in [0, 0.05) is 13.5 Å². The predicted octanol–water partition coefficient (Wildman–Crippen LogP) is 1.31. The summed E-state index contributed by atoms with van der Waals surface area (Å²) in [6, 6.07) is 16.3. The number of nitrogens with zero attached hydrogens (tertiary/aromatic N) is 4. The molecule has 28 heavy (non-hydrogen) atoms. The average molecular weight is 376 g/mol. The summed E-state index contributed by atoms with van der Waals surface area (Å²) in [6.07, 6.45) is 0.165. The number of carbonyl (C=O) groups is 2. The lowest BCUT2D eigenvalue weighted by molar-refractivity contribution is -0.119. The minimum atomic E-state index is -0.682. The van der Waals surface area contributed by atoms with Gasteiger partial charge in [0.25, 0.3) is 5.91 Å². The topological polar surface area (TPSA) is 106 Å². The molecule has 0 saturated heterocycles. The quantitative estimate of drug-likeness (QED) is 0.700. The van der Waals surface area contributed by atoms with Crippen molar-refractivity contribution in [3.8, 4) is 0 Å². The fourth-order valence-corrected chi connectivity index (χ4v) is 3.30. The third kappa shape index (κ3) is 3.20. The van der Waals surface area contributed by atoms with Crippen LogP contribution in [0, 0.1) is 0 Å². The number of fused-ring (bicyclic) bond motifs is 1. The number of nitrogens with one attached hydrogen (secondary N) is 1. The number of hydrogen-bond acceptors (Lipinski definition) is 5. The van der Waals surface area contributed by atoms with Crippen LogP contribution in [0.15, 0.2) is 59.7 Å². The number of benzene rings is 2. The van der Waals surface area contributed by atoms with Crippen molar-refractivity contribution in [1.29, 1.82) is 0 Å². The van der Waals surface area contributed by atoms with Crippen molar-refractivity contribution in [2.45, 2.75) is 19.0 Å². The van der Waals surface area contributed by atoms with E-state index in [0.29, 0.717) is 5.69 Å². The summed E-state index contributed by atoms with van der Waals surface area (Å²) >= 11 is 0. The van der Waals surface area contributed by atoms with Crippen molar-refractivity contribution in [3.63, 3.8) is 0 Å². The van der Waals surface area contributed by atoms with Crippen LogP contribution in [-0.2, 0) is 23.2 Å². The number of carbonyl (C=O) groups excluding carboxylic acids is 2. The summed E-state index contributed by atoms with van der Waals surface area (Å²) < 4.78 is 1.94. The summed E-state index contributed by atoms with van der Waals surface area (Å²) in [7, 11) is 1.91. The van der Waals surface area contributed by atoms with Gasteiger partial charge in [-0.15, -0.1) is 0 Å². The minimum absolute atomic E-state index is 0.165. The maximum Gasteiger partial charge on any atom is 0.267 e. The molecule has 4 rings (SSSR count). The van der Waals surface area contributed by atoms with Gasteiger partial charge in [0.05, 0.1) is 23.3 Å². The Hall–Kier alpha value is -3.68. The number of hydrazone groups is 1. The summed E-state index contributed by atoms with van der Waals surface area (Å²) in [5.41, 5.74) is 8.37. The number of anilines is 1. The van der Waals surface area contributed by atoms with Crippen LogP contribution in [0.2, 0.25) is 0 Å². The molecule has 3 N–H and O–H groups in total. The van der Waals surface area contributed by atoms with Gasteiger partial charge in [-0.05, 0) is 24.3 Å². The first-order valence-electron chi connectivity index (χ1n) is 8.94. The molecule has 1 atom stereocenters. The summed E-state index contributed by atoms with van der Waals surface area (Å²) in [5.74, 6) is -0.123. The van der Waals surface area contributed by atoms with Crippen LogP contribution >= 0.6 is 0 Å². The van der Waals surface area contributed by atoms with Crippen molar-refractivity contribution in [3.05, 3.63) is 60.4 Å². The molecule has 8 heteroatoms. The van der Waals surface area contributed by atoms with Crippen LogP contribution in [0.3, 0.4) is 0 Å². The monoisotopic (exact) mass is 376 g/mol. The van der Waals surface area contributed by atoms with Gasteiger partial charge < -0.3 is 15.6 Å². The SMILES string of the molecule is Cn1c(CNC(=O)C2=NN(c3ccccc3)C(C(N)=O)C2)nc2ccccc21. The van der Waals surface area contributed by atoms with Gasteiger partial charge in [0.15, 0.2) is 0 Å². The van der Waals surface area contributed by atoms with Gasteiger partial charge in [-0.1, -0.05) is 30.3 Å². The van der Waals surface area contributed by atoms with Crippen LogP contribution < -0.4 is 16.1 Å². The molecular weight excluding hydrogens is 356 g/mol. The highest BCUT2D eigenvalue weighted by molar-refractivity contribution is 6.40. The number of hydrogen-bond donors (Lipinski definition) is 2. The maximum atomic E-state index is 12.6. The van der Waals surface area contributed by atoms with E-state index in [9.17, 15) is 9.59 Å². The number of imidazole rings is 1. The number of rotatable bonds is 5. The molecule has 0 spiro atoms. The highest BCUT2D eigenvalue weighted by Gasteiger charge is 2.34. The van der Waals surface area contributed by atoms with Crippen molar-refractivity contribution < 1.29 is 9.59 Å². The second-order valence-corrected chi connectivity index (χ2v) is 6.61. The summed E-state index contributed by atoms with van der Waals surface area (Å²) in [6.45, 7) is 0.260. The molecule has 142 valence electrons. The Labute approximate surface area is 161 Å². The Morgan fingerprint density at radius 2 is 1.86 bits per heavy atom. The normalized spacial score (nSPS) is 16.2. The Bertz CT molecular complexity index is 1070. The molecule has 0 aliphatic carbocycles. The van der Waals surface area contributed by atoms with E-state index in [4.69, 9.17) is 5.73 Å². The third-order valence-corrected chi connectivity index (χ3v) is 4.81. The number of aryl methyl sites for hydroxylation is 1. The Morgan fingerprint density at radius 3 is 2.57 bits per heavy atom. The van der Waals surface area contributed by atoms with E-state index >= 15 is 0 Å². The van der Waals surface area contributed by atoms with E-state index < -0.39 is 11.9 Å². The second-order valence-electron chi connectivity index (χ2n) is 6.61. The Kier molecular flexibility index (Phi) is 4.52. The molecule has 1 aliphatic heterocycles. The number of para-hydroxylation sites is 3. The van der Waals surface area contributed by atoms with Gasteiger partial charge in [-0.2, -0.15) is 5.10 Å². The van der Waals surface area contributed by atoms with Crippen LogP contribution in [0.1, 0.15) is 12.2 Å². The van der Waals surface area contributed by atoms with E-state index in [0.717, 1.165) is 16.9 Å². The largest absolute Gasteiger partial charge is 0.368 e. The van der Waals surface area contributed by atoms with Gasteiger partial charge in [0.1, 0.15) is 17.6 Å². The molecule has 2 aromatic carbocycles. The fraction of sp³-hybridized carbons (Fsp3) is 0.200. The van der Waals surface area contributed by atoms with E-state index in [1.54, 1.807) is 0 Å². The molecule has 0 bridgehead atoms. The number of amides is 2. The van der Waals surface area contributed by atoms with Crippen molar-refractivity contribution in [1.82, 2.24) is 14.9 Å². The molecule has 1 aliphatic rings. The molecule has 1 unspecified atom stereocenters. The van der Waals surface area contributed by atoms with Crippen LogP contribution in [0.4, 0.5) is 5.69 Å². The zero-order chi connectivity index (χ0) is 19.7. The highest BCUT2D eigenvalue weighted by atomic mass is 16.2. The fourth-order valence-electron chi connectivity index (χ4n) is 3.30. The second kappa shape index (κ2) is 7.15. The molecule has 2 heterocycles. The predicted molar refractivity (Wildman–Crippen MR) is 107 cm³/mol. The number of nitrogens with two attached hydrogens (primary N) is 1. The summed E-state index contributed by atoms with van der Waals surface area (Å²) in [5, 5.41) is 8.70. The summed E-state index contributed by atoms with van der Waals surface area (Å²) in [4.78, 5) is 29.0. The van der Waals surface area contributed by atoms with Crippen LogP contribution in [-0.4, -0.2) is 33.1 Å². The van der Waals surface area contributed by atoms with Crippen molar-refractivity contribution in [2.75, 3.05) is 5.01 Å². The zero-order valence-electron chi connectivity index (χ0n) is 15.4. The Balaban J connectivity index is 1.51. The standard InChI is InChI=1S/C20H20N6O2/c1-25-16-10-6-5-9-14(16)23-18(25)12-22-20(28)15-11-17(19(21)27)26(24-15)13-7-3-2-4-8-13/h2-10,17H,11-12H2,1H3,(H2,21,27)(H,22,28). The minimum Gasteiger partial charge on any atom is -0.368 e. The lowest BCUT2D eigenvalue weighted by Crippen LogP contribution is -2.39. The van der Waals surface area contributed by atoms with Crippen LogP contribution in [0.5, 0.6) is 0 Å². The van der Waals surface area contributed by atoms with E-state index in [1.165, 1.54) is 5.01 Å². The average Bonchev–Trinajstić information content (AvgIpc) is 3.29. The lowest BCUT2D eigenvalue weighted by atomic mass is 10.1. The zero-order valence-corrected chi connectivity index (χ0v) is 15.4. The van der Waals surface area contributed by atoms with E-state index in [-0.39, 0.29) is 24.6 Å². The Morgan fingerprint density at radius 1 is 1.14 bits per heavy atom. The van der Waals surface area contributed by atoms with Gasteiger partial charge in [-0.25, -0.2) is 4.98 Å². The van der Waals surface area contributed by atoms with Gasteiger partial charge in [-0.3, -0.25) is 14.6 Å². The third-order valence-electron chi connectivity index (χ3n) is 4.81. The van der Waals surface area contributed by atoms with E-state index in [1.807, 2.05) is 66.2 Å². The lowest BCUT2D eigenvalue weighted by Gasteiger charge is -2.20. The van der Waals surface area contributed by atoms with E-state index in [2.05, 4.69) is 15.4 Å². The molecule has 0 fully saturated rings. The van der Waals surface area contributed by atoms with Crippen LogP contribution in [0.25, 0.3) is 11.0 Å². The number of aromatic nitrogens is 2. The molecule has 3 aromatic rings. The molecule has 0 saturated carbocycles. The molecular formula is C20H20N6O2. The first-order valence-corrected chi connectivity index (χ1v) is 8.94. The molecule has 1 aromatic heterocycles. The van der Waals surface area contributed by atoms with Crippen molar-refractivity contribution in [2.24, 2.45) is 17.9 Å². The molecule has 0 radical (unpaired) electrons. The molecule has 8 nitrogen and oxygen atoms in total. The first-order chi connectivity index (χ1) is 13.5. The smallest absolute Gasteiger partial charge is 0.267 e. The molecule has 2 amide bonds. The maximum absolute atomic E-state index is 12.6. The van der Waals surface area contributed by atoms with Crippen molar-refractivity contribution >= 4 is 34.2 Å². The highest BCUT2D eigenvalue weighted by Crippen LogP contribution is 2.24. The van der Waals surface area contributed by atoms with Gasteiger partial charge in [0.2, 0.25) is 5.91 Å². The van der Waals surface area contributed by atoms with Gasteiger partial charge >= 0.3 is 0 Å². The number of primary amides is 1.